The number of H-pyrrole nitrogens is 1. The normalized spacial score (nSPS) is 10.4. The van der Waals surface area contributed by atoms with Gasteiger partial charge in [-0.1, -0.05) is 18.2 Å². The van der Waals surface area contributed by atoms with E-state index in [1.165, 1.54) is 6.07 Å². The minimum absolute atomic E-state index is 0.229. The maximum absolute atomic E-state index is 13.5. The molecule has 1 heterocycles. The van der Waals surface area contributed by atoms with Crippen LogP contribution in [-0.4, -0.2) is 4.98 Å². The zero-order chi connectivity index (χ0) is 11.5. The highest BCUT2D eigenvalue weighted by atomic mass is 35.5. The Labute approximate surface area is 96.7 Å². The smallest absolute Gasteiger partial charge is 0.256 e. The quantitative estimate of drug-likeness (QED) is 0.801. The molecule has 2 aromatic rings. The highest BCUT2D eigenvalue weighted by Crippen LogP contribution is 2.18. The lowest BCUT2D eigenvalue weighted by Gasteiger charge is -2.03. The Kier molecular flexibility index (Phi) is 3.06. The molecular weight excluding hydrogens is 229 g/mol. The SMILES string of the molecule is O=c1[nH]c(CCl)ccc1-c1ccccc1F. The number of halogens is 2. The second-order valence-electron chi connectivity index (χ2n) is 3.34. The first-order valence-electron chi connectivity index (χ1n) is 4.75. The molecule has 0 aliphatic carbocycles. The van der Waals surface area contributed by atoms with Gasteiger partial charge in [0.15, 0.2) is 0 Å². The molecule has 0 fully saturated rings. The van der Waals surface area contributed by atoms with Gasteiger partial charge >= 0.3 is 0 Å². The number of alkyl halides is 1. The summed E-state index contributed by atoms with van der Waals surface area (Å²) in [6, 6.07) is 9.42. The molecule has 2 rings (SSSR count). The molecule has 0 saturated heterocycles. The first kappa shape index (κ1) is 10.9. The van der Waals surface area contributed by atoms with E-state index in [1.54, 1.807) is 30.3 Å². The maximum atomic E-state index is 13.5. The second kappa shape index (κ2) is 4.49. The van der Waals surface area contributed by atoms with Crippen molar-refractivity contribution in [1.82, 2.24) is 4.98 Å². The van der Waals surface area contributed by atoms with Crippen molar-refractivity contribution in [1.29, 1.82) is 0 Å². The van der Waals surface area contributed by atoms with Crippen LogP contribution in [0.4, 0.5) is 4.39 Å². The van der Waals surface area contributed by atoms with E-state index >= 15 is 0 Å². The molecule has 0 atom stereocenters. The van der Waals surface area contributed by atoms with Crippen LogP contribution in [0.5, 0.6) is 0 Å². The molecule has 0 bridgehead atoms. The average Bonchev–Trinajstić information content (AvgIpc) is 2.30. The number of nitrogens with one attached hydrogen (secondary N) is 1. The summed E-state index contributed by atoms with van der Waals surface area (Å²) in [5.74, 6) is -0.182. The van der Waals surface area contributed by atoms with Gasteiger partial charge in [-0.3, -0.25) is 4.79 Å². The highest BCUT2D eigenvalue weighted by molar-refractivity contribution is 6.16. The molecule has 0 amide bonds. The van der Waals surface area contributed by atoms with E-state index in [1.807, 2.05) is 0 Å². The molecular formula is C12H9ClFNO. The van der Waals surface area contributed by atoms with Gasteiger partial charge in [-0.2, -0.15) is 0 Å². The van der Waals surface area contributed by atoms with Gasteiger partial charge in [0.05, 0.1) is 5.88 Å². The minimum Gasteiger partial charge on any atom is -0.324 e. The van der Waals surface area contributed by atoms with Gasteiger partial charge < -0.3 is 4.98 Å². The van der Waals surface area contributed by atoms with E-state index in [9.17, 15) is 9.18 Å². The summed E-state index contributed by atoms with van der Waals surface area (Å²) in [7, 11) is 0. The van der Waals surface area contributed by atoms with Gasteiger partial charge in [-0.25, -0.2) is 4.39 Å². The van der Waals surface area contributed by atoms with Gasteiger partial charge in [0, 0.05) is 16.8 Å². The number of hydrogen-bond donors (Lipinski definition) is 1. The summed E-state index contributed by atoms with van der Waals surface area (Å²) in [6.07, 6.45) is 0. The second-order valence-corrected chi connectivity index (χ2v) is 3.61. The lowest BCUT2D eigenvalue weighted by molar-refractivity contribution is 0.631. The Hall–Kier alpha value is -1.61. The number of benzene rings is 1. The summed E-state index contributed by atoms with van der Waals surface area (Å²) < 4.78 is 13.5. The molecule has 16 heavy (non-hydrogen) atoms. The van der Waals surface area contributed by atoms with Crippen molar-refractivity contribution in [3.8, 4) is 11.1 Å². The average molecular weight is 238 g/mol. The molecule has 82 valence electrons. The monoisotopic (exact) mass is 237 g/mol. The molecule has 1 aromatic heterocycles. The molecule has 2 nitrogen and oxygen atoms in total. The Morgan fingerprint density at radius 2 is 1.88 bits per heavy atom. The van der Waals surface area contributed by atoms with Gasteiger partial charge in [0.25, 0.3) is 5.56 Å². The van der Waals surface area contributed by atoms with Crippen LogP contribution in [0.15, 0.2) is 41.2 Å². The number of pyridine rings is 1. The lowest BCUT2D eigenvalue weighted by atomic mass is 10.1. The van der Waals surface area contributed by atoms with Crippen LogP contribution in [0.1, 0.15) is 5.69 Å². The molecule has 0 unspecified atom stereocenters. The molecule has 0 aliphatic rings. The Balaban J connectivity index is 2.58. The Morgan fingerprint density at radius 1 is 1.12 bits per heavy atom. The third-order valence-electron chi connectivity index (χ3n) is 2.28. The van der Waals surface area contributed by atoms with E-state index in [4.69, 9.17) is 11.6 Å². The summed E-state index contributed by atoms with van der Waals surface area (Å²) >= 11 is 5.58. The van der Waals surface area contributed by atoms with Crippen LogP contribution < -0.4 is 5.56 Å². The zero-order valence-corrected chi connectivity index (χ0v) is 9.09. The van der Waals surface area contributed by atoms with E-state index in [0.29, 0.717) is 16.8 Å². The summed E-state index contributed by atoms with van der Waals surface area (Å²) in [4.78, 5) is 14.3. The van der Waals surface area contributed by atoms with Crippen molar-refractivity contribution in [2.75, 3.05) is 0 Å². The lowest BCUT2D eigenvalue weighted by Crippen LogP contribution is -2.11. The molecule has 0 spiro atoms. The van der Waals surface area contributed by atoms with Crippen molar-refractivity contribution in [3.05, 3.63) is 58.3 Å². The summed E-state index contributed by atoms with van der Waals surface area (Å²) in [5, 5.41) is 0. The van der Waals surface area contributed by atoms with Crippen LogP contribution in [-0.2, 0) is 5.88 Å². The van der Waals surface area contributed by atoms with Gasteiger partial charge in [0.2, 0.25) is 0 Å². The summed E-state index contributed by atoms with van der Waals surface area (Å²) in [5.41, 5.74) is 0.895. The third kappa shape index (κ3) is 1.99. The Morgan fingerprint density at radius 3 is 2.50 bits per heavy atom. The first-order chi connectivity index (χ1) is 7.72. The van der Waals surface area contributed by atoms with Crippen molar-refractivity contribution < 1.29 is 4.39 Å². The van der Waals surface area contributed by atoms with E-state index in [2.05, 4.69) is 4.98 Å². The highest BCUT2D eigenvalue weighted by Gasteiger charge is 2.08. The van der Waals surface area contributed by atoms with Crippen LogP contribution in [0.25, 0.3) is 11.1 Å². The van der Waals surface area contributed by atoms with E-state index in [-0.39, 0.29) is 11.4 Å². The zero-order valence-electron chi connectivity index (χ0n) is 8.34. The van der Waals surface area contributed by atoms with E-state index in [0.717, 1.165) is 0 Å². The fourth-order valence-electron chi connectivity index (χ4n) is 1.48. The van der Waals surface area contributed by atoms with Crippen molar-refractivity contribution in [2.45, 2.75) is 5.88 Å². The fraction of sp³-hybridized carbons (Fsp3) is 0.0833. The van der Waals surface area contributed by atoms with Crippen LogP contribution in [0.3, 0.4) is 0 Å². The minimum atomic E-state index is -0.411. The molecule has 0 radical (unpaired) electrons. The molecule has 4 heteroatoms. The van der Waals surface area contributed by atoms with Crippen molar-refractivity contribution >= 4 is 11.6 Å². The molecule has 1 aromatic carbocycles. The Bertz CT molecular complexity index is 565. The first-order valence-corrected chi connectivity index (χ1v) is 5.29. The van der Waals surface area contributed by atoms with Crippen molar-refractivity contribution in [3.63, 3.8) is 0 Å². The third-order valence-corrected chi connectivity index (χ3v) is 2.57. The van der Waals surface area contributed by atoms with Crippen molar-refractivity contribution in [2.24, 2.45) is 0 Å². The predicted octanol–water partition coefficient (Wildman–Crippen LogP) is 2.92. The molecule has 0 aliphatic heterocycles. The van der Waals surface area contributed by atoms with E-state index < -0.39 is 5.82 Å². The van der Waals surface area contributed by atoms with Gasteiger partial charge in [-0.05, 0) is 18.2 Å². The van der Waals surface area contributed by atoms with Gasteiger partial charge in [-0.15, -0.1) is 11.6 Å². The van der Waals surface area contributed by atoms with Crippen LogP contribution >= 0.6 is 11.6 Å². The number of aromatic nitrogens is 1. The fourth-order valence-corrected chi connectivity index (χ4v) is 1.64. The standard InChI is InChI=1S/C12H9ClFNO/c13-7-8-5-6-10(12(16)15-8)9-3-1-2-4-11(9)14/h1-6H,7H2,(H,15,16). The molecule has 1 N–H and O–H groups in total. The largest absolute Gasteiger partial charge is 0.324 e. The number of aromatic amines is 1. The maximum Gasteiger partial charge on any atom is 0.256 e. The summed E-state index contributed by atoms with van der Waals surface area (Å²) in [6.45, 7) is 0. The number of hydrogen-bond acceptors (Lipinski definition) is 1. The predicted molar refractivity (Wildman–Crippen MR) is 62.0 cm³/mol. The van der Waals surface area contributed by atoms with Crippen LogP contribution in [0, 0.1) is 5.82 Å². The van der Waals surface area contributed by atoms with Gasteiger partial charge in [0.1, 0.15) is 5.82 Å². The van der Waals surface area contributed by atoms with Crippen LogP contribution in [0.2, 0.25) is 0 Å². The molecule has 0 saturated carbocycles. The topological polar surface area (TPSA) is 32.9 Å². The number of rotatable bonds is 2.